The highest BCUT2D eigenvalue weighted by molar-refractivity contribution is 6.12. The molecule has 0 aliphatic heterocycles. The molecule has 2 nitrogen and oxygen atoms in total. The first-order valence-corrected chi connectivity index (χ1v) is 15.9. The van der Waals surface area contributed by atoms with Crippen LogP contribution in [0.25, 0.3) is 77.2 Å². The van der Waals surface area contributed by atoms with E-state index in [1.165, 1.54) is 77.0 Å². The largest absolute Gasteiger partial charge is 0.309 e. The third-order valence-corrected chi connectivity index (χ3v) is 9.60. The van der Waals surface area contributed by atoms with Crippen LogP contribution < -0.4 is 0 Å². The van der Waals surface area contributed by atoms with Gasteiger partial charge in [0.2, 0.25) is 0 Å². The average Bonchev–Trinajstić information content (AvgIpc) is 3.61. The van der Waals surface area contributed by atoms with Crippen molar-refractivity contribution in [1.82, 2.24) is 9.13 Å². The second-order valence-electron chi connectivity index (χ2n) is 12.3. The molecule has 0 saturated carbocycles. The Bertz CT molecular complexity index is 2430. The summed E-state index contributed by atoms with van der Waals surface area (Å²) in [6, 6.07) is 57.6. The highest BCUT2D eigenvalue weighted by Crippen LogP contribution is 2.38. The third-order valence-electron chi connectivity index (χ3n) is 9.60. The Morgan fingerprint density at radius 2 is 0.739 bits per heavy atom. The number of para-hydroxylation sites is 2. The fourth-order valence-electron chi connectivity index (χ4n) is 7.40. The van der Waals surface area contributed by atoms with Gasteiger partial charge in [-0.25, -0.2) is 0 Å². The van der Waals surface area contributed by atoms with Crippen molar-refractivity contribution in [2.24, 2.45) is 0 Å². The minimum absolute atomic E-state index is 1.15. The van der Waals surface area contributed by atoms with Crippen molar-refractivity contribution < 1.29 is 0 Å². The zero-order valence-electron chi connectivity index (χ0n) is 25.9. The molecule has 2 heterocycles. The van der Waals surface area contributed by atoms with Crippen molar-refractivity contribution in [3.05, 3.63) is 169 Å². The topological polar surface area (TPSA) is 9.86 Å². The molecule has 0 fully saturated rings. The SMILES string of the molecule is Cc1ccccc1-c1ccc2c(c1)c1ccccc1n2-c1cccc(-n2c3ccccc3c3cc(-c4ccccc4C)ccc32)c1. The molecule has 0 radical (unpaired) electrons. The lowest BCUT2D eigenvalue weighted by Crippen LogP contribution is -1.98. The maximum atomic E-state index is 2.42. The number of hydrogen-bond donors (Lipinski definition) is 0. The molecule has 9 rings (SSSR count). The molecule has 0 amide bonds. The Labute approximate surface area is 268 Å². The molecule has 0 N–H and O–H groups in total. The van der Waals surface area contributed by atoms with Gasteiger partial charge in [0.05, 0.1) is 22.1 Å². The Morgan fingerprint density at radius 1 is 0.326 bits per heavy atom. The minimum Gasteiger partial charge on any atom is -0.309 e. The zero-order chi connectivity index (χ0) is 30.8. The summed E-state index contributed by atoms with van der Waals surface area (Å²) >= 11 is 0. The van der Waals surface area contributed by atoms with Crippen LogP contribution in [0.4, 0.5) is 0 Å². The van der Waals surface area contributed by atoms with Gasteiger partial charge in [0.15, 0.2) is 0 Å². The molecule has 2 heteroatoms. The second kappa shape index (κ2) is 10.4. The standard InChI is InChI=1S/C44H32N2/c1-29-12-3-5-16-35(29)31-22-24-43-39(26-31)37-18-7-9-20-41(37)45(43)33-14-11-15-34(28-33)46-42-21-10-8-19-38(42)40-27-32(23-25-44(40)46)36-17-6-4-13-30(36)2/h3-28H,1-2H3. The fourth-order valence-corrected chi connectivity index (χ4v) is 7.40. The summed E-state index contributed by atoms with van der Waals surface area (Å²) in [6.07, 6.45) is 0. The van der Waals surface area contributed by atoms with Gasteiger partial charge in [-0.2, -0.15) is 0 Å². The molecule has 9 aromatic rings. The number of rotatable bonds is 4. The van der Waals surface area contributed by atoms with Crippen molar-refractivity contribution in [3.63, 3.8) is 0 Å². The van der Waals surface area contributed by atoms with Gasteiger partial charge >= 0.3 is 0 Å². The maximum absolute atomic E-state index is 2.42. The molecular weight excluding hydrogens is 556 g/mol. The number of aryl methyl sites for hydroxylation is 2. The molecule has 0 aliphatic rings. The summed E-state index contributed by atoms with van der Waals surface area (Å²) in [6.45, 7) is 4.37. The summed E-state index contributed by atoms with van der Waals surface area (Å²) in [5, 5.41) is 5.06. The molecule has 0 spiro atoms. The minimum atomic E-state index is 1.15. The summed E-state index contributed by atoms with van der Waals surface area (Å²) in [5.41, 5.74) is 14.8. The van der Waals surface area contributed by atoms with E-state index < -0.39 is 0 Å². The van der Waals surface area contributed by atoms with Crippen molar-refractivity contribution in [1.29, 1.82) is 0 Å². The van der Waals surface area contributed by atoms with Crippen molar-refractivity contribution >= 4 is 43.6 Å². The summed E-state index contributed by atoms with van der Waals surface area (Å²) < 4.78 is 4.83. The number of nitrogens with zero attached hydrogens (tertiary/aromatic N) is 2. The lowest BCUT2D eigenvalue weighted by atomic mass is 9.99. The van der Waals surface area contributed by atoms with Crippen molar-refractivity contribution in [3.8, 4) is 33.6 Å². The molecule has 46 heavy (non-hydrogen) atoms. The fraction of sp³-hybridized carbons (Fsp3) is 0.0455. The molecule has 7 aromatic carbocycles. The van der Waals surface area contributed by atoms with E-state index in [0.29, 0.717) is 0 Å². The van der Waals surface area contributed by atoms with E-state index >= 15 is 0 Å². The quantitative estimate of drug-likeness (QED) is 0.194. The van der Waals surface area contributed by atoms with Crippen LogP contribution in [0.3, 0.4) is 0 Å². The lowest BCUT2D eigenvalue weighted by Gasteiger charge is -2.13. The van der Waals surface area contributed by atoms with Crippen LogP contribution in [-0.4, -0.2) is 9.13 Å². The van der Waals surface area contributed by atoms with Gasteiger partial charge in [-0.1, -0.05) is 103 Å². The van der Waals surface area contributed by atoms with Gasteiger partial charge in [-0.3, -0.25) is 0 Å². The summed E-state index contributed by atoms with van der Waals surface area (Å²) in [5.74, 6) is 0. The molecule has 0 aliphatic carbocycles. The second-order valence-corrected chi connectivity index (χ2v) is 12.3. The number of fused-ring (bicyclic) bond motifs is 6. The molecule has 0 saturated heterocycles. The van der Waals surface area contributed by atoms with E-state index in [1.54, 1.807) is 0 Å². The van der Waals surface area contributed by atoms with Crippen LogP contribution in [0.2, 0.25) is 0 Å². The van der Waals surface area contributed by atoms with E-state index in [0.717, 1.165) is 11.4 Å². The highest BCUT2D eigenvalue weighted by Gasteiger charge is 2.17. The van der Waals surface area contributed by atoms with Crippen molar-refractivity contribution in [2.45, 2.75) is 13.8 Å². The van der Waals surface area contributed by atoms with Crippen molar-refractivity contribution in [2.75, 3.05) is 0 Å². The Hall–Kier alpha value is -5.86. The molecular formula is C44H32N2. The Balaban J connectivity index is 1.25. The van der Waals surface area contributed by atoms with E-state index in [2.05, 4.69) is 181 Å². The smallest absolute Gasteiger partial charge is 0.0541 e. The highest BCUT2D eigenvalue weighted by atomic mass is 15.0. The van der Waals surface area contributed by atoms with E-state index in [1.807, 2.05) is 0 Å². The monoisotopic (exact) mass is 588 g/mol. The van der Waals surface area contributed by atoms with Gasteiger partial charge in [-0.05, 0) is 102 Å². The van der Waals surface area contributed by atoms with Crippen LogP contribution in [-0.2, 0) is 0 Å². The van der Waals surface area contributed by atoms with E-state index in [-0.39, 0.29) is 0 Å². The zero-order valence-corrected chi connectivity index (χ0v) is 25.9. The number of benzene rings is 7. The first kappa shape index (κ1) is 26.5. The summed E-state index contributed by atoms with van der Waals surface area (Å²) in [7, 11) is 0. The van der Waals surface area contributed by atoms with Gasteiger partial charge < -0.3 is 9.13 Å². The number of hydrogen-bond acceptors (Lipinski definition) is 0. The predicted octanol–water partition coefficient (Wildman–Crippen LogP) is 11.8. The molecule has 0 atom stereocenters. The van der Waals surface area contributed by atoms with E-state index in [9.17, 15) is 0 Å². The molecule has 218 valence electrons. The molecule has 2 aromatic heterocycles. The number of aromatic nitrogens is 2. The predicted molar refractivity (Wildman–Crippen MR) is 195 cm³/mol. The first-order valence-electron chi connectivity index (χ1n) is 15.9. The van der Waals surface area contributed by atoms with Crippen LogP contribution >= 0.6 is 0 Å². The molecule has 0 unspecified atom stereocenters. The average molecular weight is 589 g/mol. The molecule has 0 bridgehead atoms. The maximum Gasteiger partial charge on any atom is 0.0541 e. The third kappa shape index (κ3) is 4.04. The van der Waals surface area contributed by atoms with Crippen LogP contribution in [0.15, 0.2) is 158 Å². The Kier molecular flexibility index (Phi) is 5.97. The van der Waals surface area contributed by atoms with Crippen LogP contribution in [0.5, 0.6) is 0 Å². The van der Waals surface area contributed by atoms with E-state index in [4.69, 9.17) is 0 Å². The first-order chi connectivity index (χ1) is 22.7. The van der Waals surface area contributed by atoms with Gasteiger partial charge in [0, 0.05) is 32.9 Å². The normalized spacial score (nSPS) is 11.7. The Morgan fingerprint density at radius 3 is 1.22 bits per heavy atom. The lowest BCUT2D eigenvalue weighted by molar-refractivity contribution is 1.13. The van der Waals surface area contributed by atoms with Gasteiger partial charge in [0.1, 0.15) is 0 Å². The van der Waals surface area contributed by atoms with Gasteiger partial charge in [-0.15, -0.1) is 0 Å². The summed E-state index contributed by atoms with van der Waals surface area (Å²) in [4.78, 5) is 0. The van der Waals surface area contributed by atoms with Crippen LogP contribution in [0, 0.1) is 13.8 Å². The van der Waals surface area contributed by atoms with Crippen LogP contribution in [0.1, 0.15) is 11.1 Å². The van der Waals surface area contributed by atoms with Gasteiger partial charge in [0.25, 0.3) is 0 Å².